The molecule has 0 unspecified atom stereocenters. The summed E-state index contributed by atoms with van der Waals surface area (Å²) in [5.74, 6) is -0.361. The zero-order chi connectivity index (χ0) is 31.5. The summed E-state index contributed by atoms with van der Waals surface area (Å²) in [5, 5.41) is 4.16. The predicted octanol–water partition coefficient (Wildman–Crippen LogP) is 7.22. The van der Waals surface area contributed by atoms with Crippen molar-refractivity contribution >= 4 is 57.3 Å². The second-order valence-electron chi connectivity index (χ2n) is 9.49. The summed E-state index contributed by atoms with van der Waals surface area (Å²) < 4.78 is 22.1. The van der Waals surface area contributed by atoms with Crippen molar-refractivity contribution in [3.63, 3.8) is 0 Å². The van der Waals surface area contributed by atoms with Crippen molar-refractivity contribution in [1.29, 1.82) is 0 Å². The molecule has 0 aliphatic carbocycles. The Morgan fingerprint density at radius 3 is 1.75 bits per heavy atom. The number of aromatic amines is 1. The number of rotatable bonds is 10. The lowest BCUT2D eigenvalue weighted by Crippen LogP contribution is -2.18. The van der Waals surface area contributed by atoms with Crippen LogP contribution in [0.4, 0.5) is 5.69 Å². The number of carbonyl (C=O) groups is 3. The van der Waals surface area contributed by atoms with E-state index in [9.17, 15) is 14.4 Å². The SMILES string of the molecule is COc1cc(NC(=O)c2c(OC)cc(OC)c3c(C(=O)c4ccc(Cl)cc4)c[nH]c23)c(C(=O)c2ccc(Cl)cc2)c(OC)c1. The minimum atomic E-state index is -0.637. The van der Waals surface area contributed by atoms with E-state index in [1.165, 1.54) is 46.8 Å². The molecule has 0 saturated carbocycles. The van der Waals surface area contributed by atoms with Crippen LogP contribution in [0.25, 0.3) is 10.9 Å². The molecule has 0 bridgehead atoms. The van der Waals surface area contributed by atoms with E-state index in [0.717, 1.165) is 0 Å². The van der Waals surface area contributed by atoms with Gasteiger partial charge >= 0.3 is 0 Å². The molecule has 0 spiro atoms. The van der Waals surface area contributed by atoms with Gasteiger partial charge in [0.1, 0.15) is 28.6 Å². The van der Waals surface area contributed by atoms with Crippen molar-refractivity contribution in [2.75, 3.05) is 33.8 Å². The summed E-state index contributed by atoms with van der Waals surface area (Å²) in [6.07, 6.45) is 1.50. The van der Waals surface area contributed by atoms with Crippen molar-refractivity contribution < 1.29 is 33.3 Å². The van der Waals surface area contributed by atoms with Gasteiger partial charge in [-0.1, -0.05) is 23.2 Å². The Hall–Kier alpha value is -4.99. The number of ketones is 2. The molecular formula is C33H26Cl2N2O7. The van der Waals surface area contributed by atoms with Crippen molar-refractivity contribution in [2.45, 2.75) is 0 Å². The molecule has 44 heavy (non-hydrogen) atoms. The molecule has 5 rings (SSSR count). The van der Waals surface area contributed by atoms with E-state index in [1.807, 2.05) is 0 Å². The number of ether oxygens (including phenoxy) is 4. The van der Waals surface area contributed by atoms with E-state index in [0.29, 0.717) is 38.1 Å². The first-order valence-electron chi connectivity index (χ1n) is 13.1. The summed E-state index contributed by atoms with van der Waals surface area (Å²) in [4.78, 5) is 44.4. The monoisotopic (exact) mass is 632 g/mol. The quantitative estimate of drug-likeness (QED) is 0.156. The van der Waals surface area contributed by atoms with Gasteiger partial charge in [-0.25, -0.2) is 0 Å². The third-order valence-corrected chi connectivity index (χ3v) is 7.52. The molecule has 11 heteroatoms. The van der Waals surface area contributed by atoms with Gasteiger partial charge in [0.2, 0.25) is 0 Å². The Kier molecular flexibility index (Phi) is 8.80. The summed E-state index contributed by atoms with van der Waals surface area (Å²) in [6, 6.07) is 17.4. The van der Waals surface area contributed by atoms with Gasteiger partial charge in [-0.05, 0) is 48.5 Å². The molecule has 224 valence electrons. The number of carbonyl (C=O) groups excluding carboxylic acids is 3. The largest absolute Gasteiger partial charge is 0.497 e. The normalized spacial score (nSPS) is 10.8. The molecule has 0 aliphatic rings. The van der Waals surface area contributed by atoms with E-state index >= 15 is 0 Å². The van der Waals surface area contributed by atoms with Gasteiger partial charge in [-0.2, -0.15) is 0 Å². The highest BCUT2D eigenvalue weighted by Gasteiger charge is 2.28. The molecule has 9 nitrogen and oxygen atoms in total. The van der Waals surface area contributed by atoms with Crippen LogP contribution in [-0.4, -0.2) is 50.9 Å². The van der Waals surface area contributed by atoms with Crippen LogP contribution in [0.5, 0.6) is 23.0 Å². The number of benzene rings is 4. The molecule has 5 aromatic rings. The molecular weight excluding hydrogens is 607 g/mol. The fraction of sp³-hybridized carbons (Fsp3) is 0.121. The lowest BCUT2D eigenvalue weighted by Gasteiger charge is -2.18. The molecule has 1 amide bonds. The Morgan fingerprint density at radius 2 is 1.20 bits per heavy atom. The van der Waals surface area contributed by atoms with E-state index in [2.05, 4.69) is 10.3 Å². The minimum absolute atomic E-state index is 0.0742. The van der Waals surface area contributed by atoms with E-state index < -0.39 is 11.7 Å². The van der Waals surface area contributed by atoms with Gasteiger partial charge in [-0.15, -0.1) is 0 Å². The minimum Gasteiger partial charge on any atom is -0.497 e. The molecule has 4 aromatic carbocycles. The molecule has 0 fully saturated rings. The number of aromatic nitrogens is 1. The molecule has 1 aromatic heterocycles. The first-order valence-corrected chi connectivity index (χ1v) is 13.9. The zero-order valence-electron chi connectivity index (χ0n) is 24.0. The van der Waals surface area contributed by atoms with Crippen LogP contribution in [0.2, 0.25) is 10.0 Å². The van der Waals surface area contributed by atoms with Crippen LogP contribution < -0.4 is 24.3 Å². The molecule has 0 radical (unpaired) electrons. The zero-order valence-corrected chi connectivity index (χ0v) is 25.6. The number of hydrogen-bond acceptors (Lipinski definition) is 7. The third kappa shape index (κ3) is 5.67. The van der Waals surface area contributed by atoms with Crippen molar-refractivity contribution in [1.82, 2.24) is 4.98 Å². The number of fused-ring (bicyclic) bond motifs is 1. The Labute approximate surface area is 262 Å². The van der Waals surface area contributed by atoms with E-state index in [-0.39, 0.29) is 45.2 Å². The van der Waals surface area contributed by atoms with Crippen LogP contribution in [0.15, 0.2) is 72.9 Å². The summed E-state index contributed by atoms with van der Waals surface area (Å²) in [5.41, 5.74) is 1.58. The standard InChI is InChI=1S/C33H26Cl2N2O7/c1-41-21-13-23(28(24(14-21)42-2)32(39)18-7-11-20(35)12-8-18)37-33(40)29-26(44-4)15-25(43-3)27-22(16-36-30(27)29)31(38)17-5-9-19(34)10-6-17/h5-16,36H,1-4H3,(H,37,40). The molecule has 0 saturated heterocycles. The summed E-state index contributed by atoms with van der Waals surface area (Å²) >= 11 is 12.0. The van der Waals surface area contributed by atoms with Gasteiger partial charge in [0, 0.05) is 45.6 Å². The van der Waals surface area contributed by atoms with Gasteiger partial charge < -0.3 is 29.2 Å². The molecule has 0 atom stereocenters. The summed E-state index contributed by atoms with van der Waals surface area (Å²) in [6.45, 7) is 0. The lowest BCUT2D eigenvalue weighted by atomic mass is 9.98. The van der Waals surface area contributed by atoms with Crippen molar-refractivity contribution in [3.05, 3.63) is 111 Å². The van der Waals surface area contributed by atoms with Gasteiger partial charge in [0.15, 0.2) is 11.6 Å². The molecule has 2 N–H and O–H groups in total. The Bertz CT molecular complexity index is 1900. The number of amides is 1. The van der Waals surface area contributed by atoms with Crippen LogP contribution in [0, 0.1) is 0 Å². The van der Waals surface area contributed by atoms with Crippen molar-refractivity contribution in [3.8, 4) is 23.0 Å². The fourth-order valence-corrected chi connectivity index (χ4v) is 5.13. The maximum atomic E-state index is 14.1. The number of anilines is 1. The fourth-order valence-electron chi connectivity index (χ4n) is 4.88. The molecule has 1 heterocycles. The topological polar surface area (TPSA) is 116 Å². The van der Waals surface area contributed by atoms with Crippen LogP contribution in [0.1, 0.15) is 42.2 Å². The van der Waals surface area contributed by atoms with Crippen LogP contribution in [0.3, 0.4) is 0 Å². The van der Waals surface area contributed by atoms with E-state index in [1.54, 1.807) is 54.6 Å². The smallest absolute Gasteiger partial charge is 0.261 e. The van der Waals surface area contributed by atoms with Crippen LogP contribution in [-0.2, 0) is 0 Å². The predicted molar refractivity (Wildman–Crippen MR) is 169 cm³/mol. The first kappa shape index (κ1) is 30.5. The molecule has 0 aliphatic heterocycles. The van der Waals surface area contributed by atoms with Gasteiger partial charge in [0.25, 0.3) is 5.91 Å². The van der Waals surface area contributed by atoms with E-state index in [4.69, 9.17) is 42.1 Å². The number of H-pyrrole nitrogens is 1. The van der Waals surface area contributed by atoms with Crippen LogP contribution >= 0.6 is 23.2 Å². The van der Waals surface area contributed by atoms with Gasteiger partial charge in [-0.3, -0.25) is 14.4 Å². The number of halogens is 2. The highest BCUT2D eigenvalue weighted by molar-refractivity contribution is 6.31. The Morgan fingerprint density at radius 1 is 0.659 bits per heavy atom. The second kappa shape index (κ2) is 12.7. The Balaban J connectivity index is 1.65. The maximum Gasteiger partial charge on any atom is 0.261 e. The number of nitrogens with one attached hydrogen (secondary N) is 2. The lowest BCUT2D eigenvalue weighted by molar-refractivity contribution is 0.102. The number of methoxy groups -OCH3 is 4. The maximum absolute atomic E-state index is 14.1. The average Bonchev–Trinajstić information content (AvgIpc) is 3.48. The second-order valence-corrected chi connectivity index (χ2v) is 10.4. The third-order valence-electron chi connectivity index (χ3n) is 7.02. The van der Waals surface area contributed by atoms with Gasteiger partial charge in [0.05, 0.1) is 56.2 Å². The summed E-state index contributed by atoms with van der Waals surface area (Å²) in [7, 11) is 5.72. The highest BCUT2D eigenvalue weighted by Crippen LogP contribution is 2.40. The average molecular weight is 633 g/mol. The van der Waals surface area contributed by atoms with Crippen molar-refractivity contribution in [2.24, 2.45) is 0 Å². The highest BCUT2D eigenvalue weighted by atomic mass is 35.5. The number of hydrogen-bond donors (Lipinski definition) is 2. The first-order chi connectivity index (χ1) is 21.2.